The fourth-order valence-electron chi connectivity index (χ4n) is 3.29. The van der Waals surface area contributed by atoms with E-state index < -0.39 is 0 Å². The predicted molar refractivity (Wildman–Crippen MR) is 108 cm³/mol. The zero-order valence-electron chi connectivity index (χ0n) is 14.8. The van der Waals surface area contributed by atoms with E-state index in [0.29, 0.717) is 11.4 Å². The molecule has 0 amide bonds. The topological polar surface area (TPSA) is 50.9 Å². The Morgan fingerprint density at radius 2 is 1.93 bits per heavy atom. The molecule has 27 heavy (non-hydrogen) atoms. The van der Waals surface area contributed by atoms with Crippen LogP contribution in [0.4, 0.5) is 4.39 Å². The van der Waals surface area contributed by atoms with Crippen molar-refractivity contribution >= 4 is 23.4 Å². The third kappa shape index (κ3) is 3.61. The molecular formula is C20H19ClFN3OS. The number of nitrogens with zero attached hydrogens (tertiary/aromatic N) is 3. The van der Waals surface area contributed by atoms with Crippen molar-refractivity contribution in [3.8, 4) is 22.5 Å². The van der Waals surface area contributed by atoms with E-state index in [9.17, 15) is 9.50 Å². The zero-order valence-corrected chi connectivity index (χ0v) is 16.4. The molecule has 4 rings (SSSR count). The normalized spacial score (nSPS) is 19.6. The number of hydrogen-bond donors (Lipinski definition) is 1. The molecule has 1 atom stereocenters. The number of aromatic nitrogens is 3. The van der Waals surface area contributed by atoms with Crippen LogP contribution < -0.4 is 0 Å². The standard InChI is InChI=1S/C20H19ClFN3OS/c1-20(12-26)11-18-23-24-19(25(18)8-9-27-20)16-10-14(4-7-17(16)21)13-2-5-15(22)6-3-13/h2-7,10,26H,8-9,11-12H2,1H3. The van der Waals surface area contributed by atoms with Gasteiger partial charge in [-0.3, -0.25) is 0 Å². The van der Waals surface area contributed by atoms with Crippen LogP contribution in [0, 0.1) is 5.82 Å². The second-order valence-corrected chi connectivity index (χ2v) is 9.02. The van der Waals surface area contributed by atoms with Crippen molar-refractivity contribution in [2.45, 2.75) is 24.6 Å². The van der Waals surface area contributed by atoms with Crippen LogP contribution >= 0.6 is 23.4 Å². The van der Waals surface area contributed by atoms with Gasteiger partial charge < -0.3 is 9.67 Å². The number of aliphatic hydroxyl groups is 1. The van der Waals surface area contributed by atoms with E-state index in [1.165, 1.54) is 12.1 Å². The summed E-state index contributed by atoms with van der Waals surface area (Å²) in [5.74, 6) is 2.18. The Hall–Kier alpha value is -1.89. The Morgan fingerprint density at radius 3 is 2.67 bits per heavy atom. The number of thioether (sulfide) groups is 1. The second-order valence-electron chi connectivity index (χ2n) is 6.93. The molecule has 0 bridgehead atoms. The van der Waals surface area contributed by atoms with E-state index in [-0.39, 0.29) is 17.2 Å². The van der Waals surface area contributed by atoms with Gasteiger partial charge in [-0.1, -0.05) is 29.8 Å². The molecule has 7 heteroatoms. The number of hydrogen-bond acceptors (Lipinski definition) is 4. The van der Waals surface area contributed by atoms with Gasteiger partial charge in [0, 0.05) is 29.0 Å². The first-order valence-electron chi connectivity index (χ1n) is 8.72. The number of halogens is 2. The lowest BCUT2D eigenvalue weighted by Gasteiger charge is -2.23. The SMILES string of the molecule is CC1(CO)Cc2nnc(-c3cc(-c4ccc(F)cc4)ccc3Cl)n2CCS1. The molecule has 0 fully saturated rings. The van der Waals surface area contributed by atoms with Gasteiger partial charge in [-0.2, -0.15) is 11.8 Å². The minimum Gasteiger partial charge on any atom is -0.395 e. The largest absolute Gasteiger partial charge is 0.395 e. The molecular weight excluding hydrogens is 385 g/mol. The molecule has 1 unspecified atom stereocenters. The molecule has 4 nitrogen and oxygen atoms in total. The van der Waals surface area contributed by atoms with Crippen molar-refractivity contribution in [2.75, 3.05) is 12.4 Å². The highest BCUT2D eigenvalue weighted by Gasteiger charge is 2.31. The van der Waals surface area contributed by atoms with Crippen molar-refractivity contribution in [3.05, 3.63) is 59.1 Å². The molecule has 1 aliphatic heterocycles. The minimum absolute atomic E-state index is 0.0979. The molecule has 1 N–H and O–H groups in total. The number of fused-ring (bicyclic) bond motifs is 1. The number of rotatable bonds is 3. The van der Waals surface area contributed by atoms with Crippen molar-refractivity contribution in [1.82, 2.24) is 14.8 Å². The molecule has 0 spiro atoms. The van der Waals surface area contributed by atoms with Crippen LogP contribution in [-0.4, -0.2) is 37.0 Å². The summed E-state index contributed by atoms with van der Waals surface area (Å²) in [6, 6.07) is 12.1. The summed E-state index contributed by atoms with van der Waals surface area (Å²) in [6.07, 6.45) is 0.649. The molecule has 0 aliphatic carbocycles. The van der Waals surface area contributed by atoms with Crippen LogP contribution in [0.1, 0.15) is 12.7 Å². The Balaban J connectivity index is 1.76. The Labute approximate surface area is 166 Å². The van der Waals surface area contributed by atoms with E-state index in [0.717, 1.165) is 40.6 Å². The smallest absolute Gasteiger partial charge is 0.165 e. The molecule has 1 aromatic heterocycles. The number of benzene rings is 2. The van der Waals surface area contributed by atoms with Gasteiger partial charge in [0.25, 0.3) is 0 Å². The summed E-state index contributed by atoms with van der Waals surface area (Å²) in [5, 5.41) is 19.1. The van der Waals surface area contributed by atoms with E-state index >= 15 is 0 Å². The van der Waals surface area contributed by atoms with Crippen LogP contribution in [0.15, 0.2) is 42.5 Å². The molecule has 0 saturated heterocycles. The highest BCUT2D eigenvalue weighted by atomic mass is 35.5. The minimum atomic E-state index is -0.264. The summed E-state index contributed by atoms with van der Waals surface area (Å²) >= 11 is 8.23. The fraction of sp³-hybridized carbons (Fsp3) is 0.300. The average Bonchev–Trinajstić information content (AvgIpc) is 2.96. The van der Waals surface area contributed by atoms with Gasteiger partial charge in [-0.15, -0.1) is 10.2 Å². The van der Waals surface area contributed by atoms with Crippen LogP contribution in [0.5, 0.6) is 0 Å². The molecule has 2 aromatic carbocycles. The van der Waals surface area contributed by atoms with E-state index in [1.54, 1.807) is 23.9 Å². The Bertz CT molecular complexity index is 976. The van der Waals surface area contributed by atoms with Crippen LogP contribution in [0.25, 0.3) is 22.5 Å². The quantitative estimate of drug-likeness (QED) is 0.702. The first-order chi connectivity index (χ1) is 13.0. The van der Waals surface area contributed by atoms with Gasteiger partial charge in [0.05, 0.1) is 11.6 Å². The number of aliphatic hydroxyl groups excluding tert-OH is 1. The van der Waals surface area contributed by atoms with Gasteiger partial charge in [0.1, 0.15) is 11.6 Å². The molecule has 2 heterocycles. The fourth-order valence-corrected chi connectivity index (χ4v) is 4.58. The van der Waals surface area contributed by atoms with Crippen molar-refractivity contribution in [2.24, 2.45) is 0 Å². The molecule has 0 radical (unpaired) electrons. The maximum Gasteiger partial charge on any atom is 0.165 e. The monoisotopic (exact) mass is 403 g/mol. The summed E-state index contributed by atoms with van der Waals surface area (Å²) in [7, 11) is 0. The predicted octanol–water partition coefficient (Wildman–Crippen LogP) is 4.44. The van der Waals surface area contributed by atoms with Gasteiger partial charge in [0.2, 0.25) is 0 Å². The third-order valence-electron chi connectivity index (χ3n) is 4.84. The Morgan fingerprint density at radius 1 is 1.19 bits per heavy atom. The lowest BCUT2D eigenvalue weighted by atomic mass is 10.0. The van der Waals surface area contributed by atoms with E-state index in [4.69, 9.17) is 11.6 Å². The van der Waals surface area contributed by atoms with E-state index in [2.05, 4.69) is 14.8 Å². The molecule has 1 aliphatic rings. The van der Waals surface area contributed by atoms with Crippen molar-refractivity contribution in [3.63, 3.8) is 0 Å². The van der Waals surface area contributed by atoms with Crippen LogP contribution in [-0.2, 0) is 13.0 Å². The van der Waals surface area contributed by atoms with Gasteiger partial charge >= 0.3 is 0 Å². The van der Waals surface area contributed by atoms with E-state index in [1.807, 2.05) is 25.1 Å². The summed E-state index contributed by atoms with van der Waals surface area (Å²) in [5.41, 5.74) is 2.65. The third-order valence-corrected chi connectivity index (χ3v) is 6.53. The van der Waals surface area contributed by atoms with Gasteiger partial charge in [-0.05, 0) is 42.3 Å². The summed E-state index contributed by atoms with van der Waals surface area (Å²) in [6.45, 7) is 2.90. The first-order valence-corrected chi connectivity index (χ1v) is 10.1. The van der Waals surface area contributed by atoms with Gasteiger partial charge in [-0.25, -0.2) is 4.39 Å². The maximum absolute atomic E-state index is 13.2. The highest BCUT2D eigenvalue weighted by Crippen LogP contribution is 2.36. The summed E-state index contributed by atoms with van der Waals surface area (Å²) in [4.78, 5) is 0. The van der Waals surface area contributed by atoms with Crippen LogP contribution in [0.2, 0.25) is 5.02 Å². The lowest BCUT2D eigenvalue weighted by Crippen LogP contribution is -2.28. The van der Waals surface area contributed by atoms with Crippen LogP contribution in [0.3, 0.4) is 0 Å². The lowest BCUT2D eigenvalue weighted by molar-refractivity contribution is 0.254. The second kappa shape index (κ2) is 7.26. The molecule has 140 valence electrons. The highest BCUT2D eigenvalue weighted by molar-refractivity contribution is 8.00. The van der Waals surface area contributed by atoms with Crippen molar-refractivity contribution < 1.29 is 9.50 Å². The average molecular weight is 404 g/mol. The maximum atomic E-state index is 13.2. The zero-order chi connectivity index (χ0) is 19.0. The summed E-state index contributed by atoms with van der Waals surface area (Å²) < 4.78 is 15.1. The Kier molecular flexibility index (Phi) is 4.97. The van der Waals surface area contributed by atoms with Gasteiger partial charge in [0.15, 0.2) is 5.82 Å². The molecule has 3 aromatic rings. The van der Waals surface area contributed by atoms with Crippen molar-refractivity contribution in [1.29, 1.82) is 0 Å². The first kappa shape index (κ1) is 18.5. The molecule has 0 saturated carbocycles.